The standard InChI is InChI=1S/C16H13BrFNO2/c17-11-6-3-7-12(18)14(11)16(21)19-15-10-5-2-1-4-9(10)8-13(15)20/h1-7,13,15,20H,8H2,(H,19,21)/t13-,15+/m0/s1. The number of nitrogens with one attached hydrogen (secondary N) is 1. The monoisotopic (exact) mass is 349 g/mol. The molecule has 21 heavy (non-hydrogen) atoms. The lowest BCUT2D eigenvalue weighted by molar-refractivity contribution is 0.0853. The van der Waals surface area contributed by atoms with E-state index in [1.54, 1.807) is 6.07 Å². The van der Waals surface area contributed by atoms with Gasteiger partial charge in [-0.3, -0.25) is 4.79 Å². The van der Waals surface area contributed by atoms with Crippen molar-refractivity contribution in [1.29, 1.82) is 0 Å². The van der Waals surface area contributed by atoms with Crippen molar-refractivity contribution in [3.63, 3.8) is 0 Å². The molecule has 2 N–H and O–H groups in total. The molecule has 1 amide bonds. The van der Waals surface area contributed by atoms with Crippen molar-refractivity contribution in [1.82, 2.24) is 5.32 Å². The zero-order chi connectivity index (χ0) is 15.0. The van der Waals surface area contributed by atoms with E-state index in [4.69, 9.17) is 0 Å². The van der Waals surface area contributed by atoms with Crippen molar-refractivity contribution >= 4 is 21.8 Å². The number of aliphatic hydroxyl groups is 1. The van der Waals surface area contributed by atoms with Gasteiger partial charge in [-0.05, 0) is 39.2 Å². The minimum absolute atomic E-state index is 0.0471. The first-order valence-corrected chi connectivity index (χ1v) is 7.38. The Hall–Kier alpha value is -1.72. The molecule has 0 unspecified atom stereocenters. The quantitative estimate of drug-likeness (QED) is 0.875. The van der Waals surface area contributed by atoms with E-state index in [1.807, 2.05) is 24.3 Å². The highest BCUT2D eigenvalue weighted by atomic mass is 79.9. The predicted molar refractivity (Wildman–Crippen MR) is 80.5 cm³/mol. The normalized spacial score (nSPS) is 20.1. The summed E-state index contributed by atoms with van der Waals surface area (Å²) in [6, 6.07) is 11.4. The van der Waals surface area contributed by atoms with Gasteiger partial charge in [0.1, 0.15) is 5.82 Å². The minimum Gasteiger partial charge on any atom is -0.390 e. The molecule has 5 heteroatoms. The molecule has 0 spiro atoms. The Labute approximate surface area is 129 Å². The summed E-state index contributed by atoms with van der Waals surface area (Å²) >= 11 is 3.18. The average molecular weight is 350 g/mol. The van der Waals surface area contributed by atoms with Crippen LogP contribution in [0.25, 0.3) is 0 Å². The molecule has 1 aliphatic carbocycles. The molecule has 0 fully saturated rings. The van der Waals surface area contributed by atoms with Gasteiger partial charge in [0.15, 0.2) is 0 Å². The van der Waals surface area contributed by atoms with E-state index in [-0.39, 0.29) is 5.56 Å². The average Bonchev–Trinajstić information content (AvgIpc) is 2.75. The molecule has 0 aliphatic heterocycles. The molecular formula is C16H13BrFNO2. The second-order valence-electron chi connectivity index (χ2n) is 5.02. The summed E-state index contributed by atoms with van der Waals surface area (Å²) in [5.41, 5.74) is 1.84. The molecule has 0 bridgehead atoms. The number of benzene rings is 2. The second-order valence-corrected chi connectivity index (χ2v) is 5.87. The van der Waals surface area contributed by atoms with Crippen LogP contribution >= 0.6 is 15.9 Å². The van der Waals surface area contributed by atoms with Crippen LogP contribution in [0.15, 0.2) is 46.9 Å². The number of halogens is 2. The van der Waals surface area contributed by atoms with Gasteiger partial charge in [-0.2, -0.15) is 0 Å². The Morgan fingerprint density at radius 2 is 2.00 bits per heavy atom. The maximum absolute atomic E-state index is 13.8. The van der Waals surface area contributed by atoms with Crippen molar-refractivity contribution in [3.8, 4) is 0 Å². The maximum Gasteiger partial charge on any atom is 0.255 e. The fraction of sp³-hybridized carbons (Fsp3) is 0.188. The van der Waals surface area contributed by atoms with Crippen molar-refractivity contribution in [3.05, 3.63) is 69.4 Å². The third-order valence-electron chi connectivity index (χ3n) is 3.68. The van der Waals surface area contributed by atoms with Crippen LogP contribution in [0.4, 0.5) is 4.39 Å². The minimum atomic E-state index is -0.697. The third-order valence-corrected chi connectivity index (χ3v) is 4.34. The van der Waals surface area contributed by atoms with E-state index in [9.17, 15) is 14.3 Å². The number of hydrogen-bond donors (Lipinski definition) is 2. The predicted octanol–water partition coefficient (Wildman–Crippen LogP) is 2.98. The van der Waals surface area contributed by atoms with E-state index >= 15 is 0 Å². The van der Waals surface area contributed by atoms with Gasteiger partial charge in [-0.1, -0.05) is 30.3 Å². The lowest BCUT2D eigenvalue weighted by Gasteiger charge is -2.18. The molecule has 0 saturated carbocycles. The summed E-state index contributed by atoms with van der Waals surface area (Å²) in [6.07, 6.45) is -0.212. The summed E-state index contributed by atoms with van der Waals surface area (Å²) in [5, 5.41) is 12.8. The van der Waals surface area contributed by atoms with Crippen LogP contribution in [0, 0.1) is 5.82 Å². The van der Waals surface area contributed by atoms with E-state index < -0.39 is 23.9 Å². The molecule has 2 atom stereocenters. The van der Waals surface area contributed by atoms with Gasteiger partial charge in [-0.15, -0.1) is 0 Å². The lowest BCUT2D eigenvalue weighted by Crippen LogP contribution is -2.34. The summed E-state index contributed by atoms with van der Waals surface area (Å²) in [6.45, 7) is 0. The van der Waals surface area contributed by atoms with Crippen LogP contribution in [0.5, 0.6) is 0 Å². The first-order valence-electron chi connectivity index (χ1n) is 6.58. The SMILES string of the molecule is O=C(N[C@@H]1c2ccccc2C[C@@H]1O)c1c(F)cccc1Br. The smallest absolute Gasteiger partial charge is 0.255 e. The fourth-order valence-electron chi connectivity index (χ4n) is 2.68. The maximum atomic E-state index is 13.8. The first-order chi connectivity index (χ1) is 10.1. The van der Waals surface area contributed by atoms with Crippen LogP contribution in [-0.2, 0) is 6.42 Å². The molecular weight excluding hydrogens is 337 g/mol. The van der Waals surface area contributed by atoms with Crippen LogP contribution in [0.2, 0.25) is 0 Å². The number of carbonyl (C=O) groups excluding carboxylic acids is 1. The van der Waals surface area contributed by atoms with E-state index in [0.29, 0.717) is 10.9 Å². The molecule has 3 rings (SSSR count). The lowest BCUT2D eigenvalue weighted by atomic mass is 10.1. The van der Waals surface area contributed by atoms with Crippen molar-refractivity contribution in [2.24, 2.45) is 0 Å². The number of amides is 1. The molecule has 2 aromatic rings. The summed E-state index contributed by atoms with van der Waals surface area (Å²) in [5.74, 6) is -1.14. The summed E-state index contributed by atoms with van der Waals surface area (Å²) in [4.78, 5) is 12.3. The number of fused-ring (bicyclic) bond motifs is 1. The van der Waals surface area contributed by atoms with Crippen LogP contribution < -0.4 is 5.32 Å². The van der Waals surface area contributed by atoms with Crippen LogP contribution in [-0.4, -0.2) is 17.1 Å². The summed E-state index contributed by atoms with van der Waals surface area (Å²) in [7, 11) is 0. The first kappa shape index (κ1) is 14.2. The molecule has 3 nitrogen and oxygen atoms in total. The highest BCUT2D eigenvalue weighted by molar-refractivity contribution is 9.10. The van der Waals surface area contributed by atoms with Crippen molar-refractivity contribution < 1.29 is 14.3 Å². The topological polar surface area (TPSA) is 49.3 Å². The zero-order valence-corrected chi connectivity index (χ0v) is 12.6. The molecule has 1 aliphatic rings. The summed E-state index contributed by atoms with van der Waals surface area (Å²) < 4.78 is 14.2. The van der Waals surface area contributed by atoms with Crippen molar-refractivity contribution in [2.45, 2.75) is 18.6 Å². The number of rotatable bonds is 2. The van der Waals surface area contributed by atoms with Gasteiger partial charge >= 0.3 is 0 Å². The highest BCUT2D eigenvalue weighted by Gasteiger charge is 2.32. The number of carbonyl (C=O) groups is 1. The Morgan fingerprint density at radius 1 is 1.24 bits per heavy atom. The molecule has 108 valence electrons. The van der Waals surface area contributed by atoms with E-state index in [1.165, 1.54) is 12.1 Å². The van der Waals surface area contributed by atoms with Gasteiger partial charge in [0.05, 0.1) is 17.7 Å². The van der Waals surface area contributed by atoms with Gasteiger partial charge in [0, 0.05) is 10.9 Å². The van der Waals surface area contributed by atoms with Crippen LogP contribution in [0.3, 0.4) is 0 Å². The third kappa shape index (κ3) is 2.59. The highest BCUT2D eigenvalue weighted by Crippen LogP contribution is 2.32. The van der Waals surface area contributed by atoms with Gasteiger partial charge in [0.2, 0.25) is 0 Å². The second kappa shape index (κ2) is 5.58. The molecule has 0 aromatic heterocycles. The van der Waals surface area contributed by atoms with Gasteiger partial charge in [0.25, 0.3) is 5.91 Å². The largest absolute Gasteiger partial charge is 0.390 e. The van der Waals surface area contributed by atoms with E-state index in [2.05, 4.69) is 21.2 Å². The Balaban J connectivity index is 1.89. The van der Waals surface area contributed by atoms with Crippen LogP contribution in [0.1, 0.15) is 27.5 Å². The van der Waals surface area contributed by atoms with Crippen molar-refractivity contribution in [2.75, 3.05) is 0 Å². The molecule has 0 saturated heterocycles. The Kier molecular flexibility index (Phi) is 3.78. The molecule has 0 radical (unpaired) electrons. The van der Waals surface area contributed by atoms with Gasteiger partial charge < -0.3 is 10.4 Å². The van der Waals surface area contributed by atoms with Gasteiger partial charge in [-0.25, -0.2) is 4.39 Å². The Bertz CT molecular complexity index is 684. The molecule has 0 heterocycles. The number of hydrogen-bond acceptors (Lipinski definition) is 2. The number of aliphatic hydroxyl groups excluding tert-OH is 1. The zero-order valence-electron chi connectivity index (χ0n) is 11.0. The molecule has 2 aromatic carbocycles. The fourth-order valence-corrected chi connectivity index (χ4v) is 3.20. The Morgan fingerprint density at radius 3 is 2.76 bits per heavy atom. The van der Waals surface area contributed by atoms with E-state index in [0.717, 1.165) is 11.1 Å².